The van der Waals surface area contributed by atoms with Crippen molar-refractivity contribution in [2.75, 3.05) is 6.61 Å². The van der Waals surface area contributed by atoms with Crippen LogP contribution >= 0.6 is 0 Å². The van der Waals surface area contributed by atoms with Crippen molar-refractivity contribution < 1.29 is 35.9 Å². The normalized spacial score (nSPS) is 14.7. The van der Waals surface area contributed by atoms with Crippen LogP contribution in [0.5, 0.6) is 0 Å². The molecule has 0 N–H and O–H groups in total. The van der Waals surface area contributed by atoms with Crippen LogP contribution in [0.25, 0.3) is 0 Å². The molecule has 10 heteroatoms. The molecule has 4 nitrogen and oxygen atoms in total. The molecule has 1 aliphatic rings. The summed E-state index contributed by atoms with van der Waals surface area (Å²) in [6.07, 6.45) is -6.53. The minimum Gasteiger partial charge on any atom is -0.464 e. The third kappa shape index (κ3) is 4.73. The van der Waals surface area contributed by atoms with Gasteiger partial charge in [-0.05, 0) is 18.9 Å². The topological polar surface area (TPSA) is 44.1 Å². The van der Waals surface area contributed by atoms with Crippen LogP contribution in [0, 0.1) is 0 Å². The highest BCUT2D eigenvalue weighted by molar-refractivity contribution is 5.69. The number of ether oxygens (including phenoxy) is 1. The summed E-state index contributed by atoms with van der Waals surface area (Å²) in [7, 11) is 0. The van der Waals surface area contributed by atoms with Gasteiger partial charge in [0.25, 0.3) is 0 Å². The van der Waals surface area contributed by atoms with Gasteiger partial charge in [-0.1, -0.05) is 0 Å². The van der Waals surface area contributed by atoms with Crippen LogP contribution < -0.4 is 0 Å². The molecule has 1 aromatic rings. The highest BCUT2D eigenvalue weighted by Gasteiger charge is 2.38. The summed E-state index contributed by atoms with van der Waals surface area (Å²) in [6.45, 7) is -1.22. The molecule has 1 heterocycles. The van der Waals surface area contributed by atoms with Crippen molar-refractivity contribution in [3.05, 3.63) is 29.4 Å². The fourth-order valence-electron chi connectivity index (χ4n) is 1.92. The Morgan fingerprint density at radius 2 is 1.96 bits per heavy atom. The van der Waals surface area contributed by atoms with Crippen molar-refractivity contribution in [2.24, 2.45) is 0 Å². The van der Waals surface area contributed by atoms with E-state index in [1.165, 1.54) is 0 Å². The van der Waals surface area contributed by atoms with Gasteiger partial charge in [0, 0.05) is 18.0 Å². The van der Waals surface area contributed by atoms with Gasteiger partial charge in [-0.15, -0.1) is 0 Å². The Kier molecular flexibility index (Phi) is 5.00. The first-order valence-corrected chi connectivity index (χ1v) is 6.68. The van der Waals surface area contributed by atoms with Crippen molar-refractivity contribution in [1.82, 2.24) is 9.78 Å². The van der Waals surface area contributed by atoms with E-state index < -0.39 is 49.3 Å². The number of alkyl halides is 3. The Morgan fingerprint density at radius 1 is 1.30 bits per heavy atom. The summed E-state index contributed by atoms with van der Waals surface area (Å²) in [6, 6.07) is 0.881. The number of hydrogen-bond donors (Lipinski definition) is 0. The number of esters is 1. The lowest BCUT2D eigenvalue weighted by atomic mass is 10.2. The Morgan fingerprint density at radius 3 is 2.48 bits per heavy atom. The van der Waals surface area contributed by atoms with Crippen LogP contribution in [0.2, 0.25) is 0 Å². The van der Waals surface area contributed by atoms with E-state index in [4.69, 9.17) is 0 Å². The highest BCUT2D eigenvalue weighted by atomic mass is 19.4. The van der Waals surface area contributed by atoms with Crippen LogP contribution in [0.15, 0.2) is 18.0 Å². The van der Waals surface area contributed by atoms with Crippen LogP contribution in [0.1, 0.15) is 36.6 Å². The van der Waals surface area contributed by atoms with Crippen LogP contribution in [-0.4, -0.2) is 22.4 Å². The van der Waals surface area contributed by atoms with Crippen molar-refractivity contribution in [1.29, 1.82) is 0 Å². The molecule has 1 saturated carbocycles. The van der Waals surface area contributed by atoms with Crippen molar-refractivity contribution >= 4 is 5.97 Å². The molecule has 0 bridgehead atoms. The fourth-order valence-corrected chi connectivity index (χ4v) is 1.92. The van der Waals surface area contributed by atoms with E-state index in [1.54, 1.807) is 0 Å². The van der Waals surface area contributed by atoms with E-state index in [2.05, 4.69) is 9.84 Å². The fraction of sp³-hybridized carbons (Fsp3) is 0.538. The van der Waals surface area contributed by atoms with Gasteiger partial charge in [-0.2, -0.15) is 27.1 Å². The SMILES string of the molecule is O=C(Cn1nc(C(F)(F)F)cc1C1CC1)OCCC(F)=C(F)F. The summed E-state index contributed by atoms with van der Waals surface area (Å²) in [4.78, 5) is 11.5. The number of nitrogens with zero attached hydrogens (tertiary/aromatic N) is 2. The lowest BCUT2D eigenvalue weighted by Gasteiger charge is -2.07. The zero-order valence-corrected chi connectivity index (χ0v) is 11.7. The summed E-state index contributed by atoms with van der Waals surface area (Å²) >= 11 is 0. The number of halogens is 6. The Hall–Kier alpha value is -2.00. The first kappa shape index (κ1) is 17.4. The van der Waals surface area contributed by atoms with Gasteiger partial charge in [-0.3, -0.25) is 9.48 Å². The van der Waals surface area contributed by atoms with E-state index in [0.717, 1.165) is 10.7 Å². The van der Waals surface area contributed by atoms with Gasteiger partial charge in [0.05, 0.1) is 6.61 Å². The molecule has 0 radical (unpaired) electrons. The lowest BCUT2D eigenvalue weighted by molar-refractivity contribution is -0.146. The minimum atomic E-state index is -4.63. The standard InChI is InChI=1S/C13H12F6N2O2/c14-8(12(15)16)3-4-23-11(22)6-21-9(7-1-2-7)5-10(20-21)13(17,18)19/h5,7H,1-4,6H2. The lowest BCUT2D eigenvalue weighted by Crippen LogP contribution is -2.17. The third-order valence-electron chi connectivity index (χ3n) is 3.17. The molecule has 0 amide bonds. The number of carbonyl (C=O) groups excluding carboxylic acids is 1. The number of carbonyl (C=O) groups is 1. The smallest absolute Gasteiger partial charge is 0.435 e. The Bertz CT molecular complexity index is 614. The van der Waals surface area contributed by atoms with E-state index in [1.807, 2.05) is 0 Å². The molecule has 23 heavy (non-hydrogen) atoms. The third-order valence-corrected chi connectivity index (χ3v) is 3.17. The van der Waals surface area contributed by atoms with E-state index in [-0.39, 0.29) is 11.6 Å². The average molecular weight is 342 g/mol. The molecule has 0 aliphatic heterocycles. The quantitative estimate of drug-likeness (QED) is 0.584. The first-order chi connectivity index (χ1) is 10.7. The summed E-state index contributed by atoms with van der Waals surface area (Å²) in [5.74, 6) is -2.77. The average Bonchev–Trinajstić information content (AvgIpc) is 3.18. The van der Waals surface area contributed by atoms with Crippen molar-refractivity contribution in [3.63, 3.8) is 0 Å². The first-order valence-electron chi connectivity index (χ1n) is 6.68. The molecule has 0 atom stereocenters. The van der Waals surface area contributed by atoms with Crippen molar-refractivity contribution in [2.45, 2.75) is 37.9 Å². The molecule has 0 aromatic carbocycles. The molecule has 0 spiro atoms. The molecule has 1 aliphatic carbocycles. The van der Waals surface area contributed by atoms with Gasteiger partial charge < -0.3 is 4.74 Å². The minimum absolute atomic E-state index is 0.0904. The van der Waals surface area contributed by atoms with Gasteiger partial charge in [0.2, 0.25) is 0 Å². The Labute approximate surface area is 126 Å². The molecule has 2 rings (SSSR count). The highest BCUT2D eigenvalue weighted by Crippen LogP contribution is 2.42. The molecule has 128 valence electrons. The predicted octanol–water partition coefficient (Wildman–Crippen LogP) is 3.79. The number of rotatable bonds is 6. The van der Waals surface area contributed by atoms with E-state index in [9.17, 15) is 31.1 Å². The maximum absolute atomic E-state index is 12.7. The number of aromatic nitrogens is 2. The number of hydrogen-bond acceptors (Lipinski definition) is 3. The second-order valence-electron chi connectivity index (χ2n) is 5.02. The summed E-state index contributed by atoms with van der Waals surface area (Å²) in [5.41, 5.74) is -0.837. The zero-order valence-electron chi connectivity index (χ0n) is 11.7. The second-order valence-corrected chi connectivity index (χ2v) is 5.02. The van der Waals surface area contributed by atoms with Crippen LogP contribution in [0.4, 0.5) is 26.3 Å². The second kappa shape index (κ2) is 6.63. The van der Waals surface area contributed by atoms with Gasteiger partial charge >= 0.3 is 18.2 Å². The molecular formula is C13H12F6N2O2. The van der Waals surface area contributed by atoms with Gasteiger partial charge in [0.15, 0.2) is 11.5 Å². The monoisotopic (exact) mass is 342 g/mol. The summed E-state index contributed by atoms with van der Waals surface area (Å²) in [5, 5.41) is 3.34. The van der Waals surface area contributed by atoms with E-state index in [0.29, 0.717) is 12.8 Å². The maximum atomic E-state index is 12.7. The molecule has 0 saturated heterocycles. The van der Waals surface area contributed by atoms with Gasteiger partial charge in [0.1, 0.15) is 6.54 Å². The largest absolute Gasteiger partial charge is 0.464 e. The van der Waals surface area contributed by atoms with Crippen LogP contribution in [0.3, 0.4) is 0 Å². The van der Waals surface area contributed by atoms with Crippen molar-refractivity contribution in [3.8, 4) is 0 Å². The van der Waals surface area contributed by atoms with Crippen LogP contribution in [-0.2, 0) is 22.3 Å². The molecular weight excluding hydrogens is 330 g/mol. The molecule has 1 fully saturated rings. The Balaban J connectivity index is 1.98. The summed E-state index contributed by atoms with van der Waals surface area (Å²) < 4.78 is 79.5. The zero-order chi connectivity index (χ0) is 17.2. The maximum Gasteiger partial charge on any atom is 0.435 e. The molecule has 0 unspecified atom stereocenters. The van der Waals surface area contributed by atoms with E-state index >= 15 is 0 Å². The van der Waals surface area contributed by atoms with Gasteiger partial charge in [-0.25, -0.2) is 4.39 Å². The predicted molar refractivity (Wildman–Crippen MR) is 65.1 cm³/mol. The molecule has 1 aromatic heterocycles.